The lowest BCUT2D eigenvalue weighted by Gasteiger charge is -2.20. The van der Waals surface area contributed by atoms with Crippen LogP contribution < -0.4 is 0 Å². The molecule has 0 bridgehead atoms. The van der Waals surface area contributed by atoms with Gasteiger partial charge in [-0.2, -0.15) is 0 Å². The summed E-state index contributed by atoms with van der Waals surface area (Å²) in [6.45, 7) is 6.60. The molecule has 1 aromatic rings. The van der Waals surface area contributed by atoms with E-state index >= 15 is 0 Å². The van der Waals surface area contributed by atoms with Gasteiger partial charge in [-0.15, -0.1) is 0 Å². The average Bonchev–Trinajstić information content (AvgIpc) is 2.35. The zero-order chi connectivity index (χ0) is 14.4. The van der Waals surface area contributed by atoms with Gasteiger partial charge in [0, 0.05) is 19.2 Å². The fourth-order valence-electron chi connectivity index (χ4n) is 1.92. The second-order valence-corrected chi connectivity index (χ2v) is 5.09. The van der Waals surface area contributed by atoms with E-state index in [1.165, 1.54) is 0 Å². The summed E-state index contributed by atoms with van der Waals surface area (Å²) >= 11 is 0. The van der Waals surface area contributed by atoms with Crippen LogP contribution in [0.2, 0.25) is 0 Å². The molecule has 3 nitrogen and oxygen atoms in total. The SMILES string of the molecule is Cc1ccc(C#CCO)c(C(=O)N(C)CC(C)C)c1. The average molecular weight is 259 g/mol. The van der Waals surface area contributed by atoms with Crippen LogP contribution >= 0.6 is 0 Å². The summed E-state index contributed by atoms with van der Waals surface area (Å²) < 4.78 is 0. The van der Waals surface area contributed by atoms with E-state index in [1.807, 2.05) is 25.1 Å². The number of nitrogens with zero attached hydrogens (tertiary/aromatic N) is 1. The maximum Gasteiger partial charge on any atom is 0.254 e. The Morgan fingerprint density at radius 1 is 1.42 bits per heavy atom. The van der Waals surface area contributed by atoms with E-state index in [4.69, 9.17) is 5.11 Å². The van der Waals surface area contributed by atoms with Gasteiger partial charge in [-0.25, -0.2) is 0 Å². The third-order valence-corrected chi connectivity index (χ3v) is 2.69. The van der Waals surface area contributed by atoms with E-state index < -0.39 is 0 Å². The molecule has 1 N–H and O–H groups in total. The third-order valence-electron chi connectivity index (χ3n) is 2.69. The molecule has 0 spiro atoms. The molecular weight excluding hydrogens is 238 g/mol. The van der Waals surface area contributed by atoms with Crippen molar-refractivity contribution >= 4 is 5.91 Å². The molecule has 0 heterocycles. The van der Waals surface area contributed by atoms with Gasteiger partial charge >= 0.3 is 0 Å². The molecule has 0 aromatic heterocycles. The number of aryl methyl sites for hydroxylation is 1. The lowest BCUT2D eigenvalue weighted by Crippen LogP contribution is -2.30. The van der Waals surface area contributed by atoms with Gasteiger partial charge in [-0.05, 0) is 25.0 Å². The predicted octanol–water partition coefficient (Wildman–Crippen LogP) is 2.07. The molecule has 3 heteroatoms. The molecule has 0 radical (unpaired) electrons. The van der Waals surface area contributed by atoms with Gasteiger partial charge in [-0.3, -0.25) is 4.79 Å². The lowest BCUT2D eigenvalue weighted by molar-refractivity contribution is 0.0779. The summed E-state index contributed by atoms with van der Waals surface area (Å²) in [4.78, 5) is 14.1. The van der Waals surface area contributed by atoms with Crippen molar-refractivity contribution in [3.8, 4) is 11.8 Å². The van der Waals surface area contributed by atoms with Crippen LogP contribution in [-0.4, -0.2) is 36.1 Å². The summed E-state index contributed by atoms with van der Waals surface area (Å²) in [5.41, 5.74) is 2.29. The highest BCUT2D eigenvalue weighted by Gasteiger charge is 2.16. The van der Waals surface area contributed by atoms with E-state index in [2.05, 4.69) is 25.7 Å². The minimum atomic E-state index is -0.205. The van der Waals surface area contributed by atoms with Crippen molar-refractivity contribution in [2.24, 2.45) is 5.92 Å². The predicted molar refractivity (Wildman–Crippen MR) is 76.9 cm³/mol. The Morgan fingerprint density at radius 3 is 2.68 bits per heavy atom. The molecule has 0 saturated carbocycles. The lowest BCUT2D eigenvalue weighted by atomic mass is 10.0. The molecule has 1 aromatic carbocycles. The van der Waals surface area contributed by atoms with Crippen molar-refractivity contribution in [1.82, 2.24) is 4.90 Å². The van der Waals surface area contributed by atoms with Crippen molar-refractivity contribution in [1.29, 1.82) is 0 Å². The van der Waals surface area contributed by atoms with E-state index in [0.717, 1.165) is 5.56 Å². The largest absolute Gasteiger partial charge is 0.384 e. The molecule has 0 unspecified atom stereocenters. The first-order valence-corrected chi connectivity index (χ1v) is 6.41. The van der Waals surface area contributed by atoms with E-state index in [9.17, 15) is 4.79 Å². The van der Waals surface area contributed by atoms with Gasteiger partial charge in [0.1, 0.15) is 6.61 Å². The quantitative estimate of drug-likeness (QED) is 0.844. The first-order chi connectivity index (χ1) is 8.95. The Balaban J connectivity index is 3.09. The number of aliphatic hydroxyl groups is 1. The number of amides is 1. The smallest absolute Gasteiger partial charge is 0.254 e. The van der Waals surface area contributed by atoms with Crippen LogP contribution in [0.1, 0.15) is 35.3 Å². The number of carbonyl (C=O) groups excluding carboxylic acids is 1. The van der Waals surface area contributed by atoms with Gasteiger partial charge < -0.3 is 10.0 Å². The molecular formula is C16H21NO2. The zero-order valence-corrected chi connectivity index (χ0v) is 12.0. The fraction of sp³-hybridized carbons (Fsp3) is 0.438. The van der Waals surface area contributed by atoms with Crippen molar-refractivity contribution in [3.05, 3.63) is 34.9 Å². The molecule has 0 aliphatic heterocycles. The summed E-state index contributed by atoms with van der Waals surface area (Å²) in [6.07, 6.45) is 0. The number of aliphatic hydroxyl groups excluding tert-OH is 1. The summed E-state index contributed by atoms with van der Waals surface area (Å²) in [5, 5.41) is 8.77. The minimum absolute atomic E-state index is 0.0281. The molecule has 0 aliphatic carbocycles. The van der Waals surface area contributed by atoms with Crippen molar-refractivity contribution in [2.45, 2.75) is 20.8 Å². The normalized spacial score (nSPS) is 10.0. The minimum Gasteiger partial charge on any atom is -0.384 e. The van der Waals surface area contributed by atoms with Crippen LogP contribution in [0.15, 0.2) is 18.2 Å². The molecule has 1 rings (SSSR count). The Labute approximate surface area is 115 Å². The topological polar surface area (TPSA) is 40.5 Å². The summed E-state index contributed by atoms with van der Waals surface area (Å²) in [7, 11) is 1.80. The maximum atomic E-state index is 12.4. The van der Waals surface area contributed by atoms with Gasteiger partial charge in [0.25, 0.3) is 5.91 Å². The van der Waals surface area contributed by atoms with Crippen molar-refractivity contribution in [3.63, 3.8) is 0 Å². The van der Waals surface area contributed by atoms with Gasteiger partial charge in [0.05, 0.1) is 5.56 Å². The maximum absolute atomic E-state index is 12.4. The second kappa shape index (κ2) is 6.96. The van der Waals surface area contributed by atoms with Crippen LogP contribution in [0.5, 0.6) is 0 Å². The molecule has 0 aliphatic rings. The zero-order valence-electron chi connectivity index (χ0n) is 12.0. The molecule has 0 atom stereocenters. The Hall–Kier alpha value is -1.79. The second-order valence-electron chi connectivity index (χ2n) is 5.09. The van der Waals surface area contributed by atoms with E-state index in [1.54, 1.807) is 11.9 Å². The number of hydrogen-bond acceptors (Lipinski definition) is 2. The fourth-order valence-corrected chi connectivity index (χ4v) is 1.92. The highest BCUT2D eigenvalue weighted by atomic mass is 16.2. The van der Waals surface area contributed by atoms with Crippen molar-refractivity contribution in [2.75, 3.05) is 20.2 Å². The number of hydrogen-bond donors (Lipinski definition) is 1. The highest BCUT2D eigenvalue weighted by Crippen LogP contribution is 2.14. The first-order valence-electron chi connectivity index (χ1n) is 6.41. The van der Waals surface area contributed by atoms with Crippen LogP contribution in [-0.2, 0) is 0 Å². The van der Waals surface area contributed by atoms with Crippen molar-refractivity contribution < 1.29 is 9.90 Å². The number of carbonyl (C=O) groups is 1. The molecule has 102 valence electrons. The summed E-state index contributed by atoms with van der Waals surface area (Å²) in [5.74, 6) is 5.82. The van der Waals surface area contributed by atoms with Crippen LogP contribution in [0, 0.1) is 24.7 Å². The molecule has 19 heavy (non-hydrogen) atoms. The Kier molecular flexibility index (Phi) is 5.59. The Morgan fingerprint density at radius 2 is 2.11 bits per heavy atom. The van der Waals surface area contributed by atoms with E-state index in [-0.39, 0.29) is 12.5 Å². The third kappa shape index (κ3) is 4.42. The van der Waals surface area contributed by atoms with Crippen LogP contribution in [0.3, 0.4) is 0 Å². The number of rotatable bonds is 3. The van der Waals surface area contributed by atoms with Gasteiger partial charge in [0.15, 0.2) is 0 Å². The van der Waals surface area contributed by atoms with Crippen LogP contribution in [0.4, 0.5) is 0 Å². The highest BCUT2D eigenvalue weighted by molar-refractivity contribution is 5.96. The standard InChI is InChI=1S/C16H21NO2/c1-12(2)11-17(4)16(19)15-10-13(3)7-8-14(15)6-5-9-18/h7-8,10,12,18H,9,11H2,1-4H3. The van der Waals surface area contributed by atoms with Gasteiger partial charge in [-0.1, -0.05) is 37.3 Å². The van der Waals surface area contributed by atoms with Crippen LogP contribution in [0.25, 0.3) is 0 Å². The molecule has 0 fully saturated rings. The Bertz CT molecular complexity index is 509. The number of benzene rings is 1. The molecule has 0 saturated heterocycles. The van der Waals surface area contributed by atoms with E-state index in [0.29, 0.717) is 23.6 Å². The molecule has 1 amide bonds. The van der Waals surface area contributed by atoms with Gasteiger partial charge in [0.2, 0.25) is 0 Å². The monoisotopic (exact) mass is 259 g/mol. The first kappa shape index (κ1) is 15.3. The summed E-state index contributed by atoms with van der Waals surface area (Å²) in [6, 6.07) is 5.59.